The predicted octanol–water partition coefficient (Wildman–Crippen LogP) is 3.60. The van der Waals surface area contributed by atoms with Crippen LogP contribution in [0.15, 0.2) is 24.3 Å². The molecule has 1 unspecified atom stereocenters. The van der Waals surface area contributed by atoms with Gasteiger partial charge >= 0.3 is 0 Å². The Kier molecular flexibility index (Phi) is 2.10. The molecular weight excluding hydrogens is 163 g/mol. The molecule has 1 aromatic carbocycles. The molecule has 0 amide bonds. The average molecular weight is 178 g/mol. The second kappa shape index (κ2) is 3.13. The third-order valence-electron chi connectivity index (χ3n) is 2.90. The minimum atomic E-state index is -0.993. The third kappa shape index (κ3) is 1.37. The quantitative estimate of drug-likeness (QED) is 0.663. The number of rotatable bonds is 3. The molecule has 0 saturated heterocycles. The maximum Gasteiger partial charge on any atom is 0.140 e. The molecule has 1 aliphatic carbocycles. The molecule has 1 aromatic rings. The number of fused-ring (bicyclic) bond motifs is 1. The minimum Gasteiger partial charge on any atom is -0.238 e. The summed E-state index contributed by atoms with van der Waals surface area (Å²) in [5.41, 5.74) is 1.14. The molecule has 0 aromatic heterocycles. The Labute approximate surface area is 78.8 Å². The summed E-state index contributed by atoms with van der Waals surface area (Å²) in [6, 6.07) is 7.87. The van der Waals surface area contributed by atoms with Crippen molar-refractivity contribution in [3.63, 3.8) is 0 Å². The Hall–Kier alpha value is -0.850. The molecule has 0 heterocycles. The molecule has 0 saturated carbocycles. The summed E-state index contributed by atoms with van der Waals surface area (Å²) in [5, 5.41) is 0. The lowest BCUT2D eigenvalue weighted by atomic mass is 9.72. The third-order valence-corrected chi connectivity index (χ3v) is 2.90. The number of alkyl halides is 1. The normalized spacial score (nSPS) is 25.1. The topological polar surface area (TPSA) is 0 Å². The Morgan fingerprint density at radius 2 is 2.15 bits per heavy atom. The van der Waals surface area contributed by atoms with Gasteiger partial charge in [-0.3, -0.25) is 0 Å². The van der Waals surface area contributed by atoms with Crippen molar-refractivity contribution in [3.05, 3.63) is 35.4 Å². The highest BCUT2D eigenvalue weighted by Crippen LogP contribution is 2.45. The summed E-state index contributed by atoms with van der Waals surface area (Å²) in [6.07, 6.45) is 3.39. The smallest absolute Gasteiger partial charge is 0.140 e. The van der Waals surface area contributed by atoms with Crippen molar-refractivity contribution in [3.8, 4) is 0 Å². The molecule has 2 rings (SSSR count). The molecule has 0 bridgehead atoms. The van der Waals surface area contributed by atoms with Crippen LogP contribution in [0.1, 0.15) is 37.3 Å². The fourth-order valence-corrected chi connectivity index (χ4v) is 2.08. The van der Waals surface area contributed by atoms with Crippen molar-refractivity contribution in [2.75, 3.05) is 0 Å². The largest absolute Gasteiger partial charge is 0.238 e. The van der Waals surface area contributed by atoms with Crippen LogP contribution in [-0.4, -0.2) is 0 Å². The maximum atomic E-state index is 14.1. The van der Waals surface area contributed by atoms with Gasteiger partial charge in [0.2, 0.25) is 0 Å². The van der Waals surface area contributed by atoms with Gasteiger partial charge in [-0.15, -0.1) is 0 Å². The molecule has 0 nitrogen and oxygen atoms in total. The molecule has 1 heteroatoms. The van der Waals surface area contributed by atoms with Crippen LogP contribution in [0.3, 0.4) is 0 Å². The Balaban J connectivity index is 2.14. The summed E-state index contributed by atoms with van der Waals surface area (Å²) in [5.74, 6) is 0. The zero-order valence-electron chi connectivity index (χ0n) is 8.02. The molecule has 0 aliphatic heterocycles. The number of halogens is 1. The van der Waals surface area contributed by atoms with E-state index in [9.17, 15) is 4.39 Å². The summed E-state index contributed by atoms with van der Waals surface area (Å²) in [4.78, 5) is 0. The first kappa shape index (κ1) is 8.74. The number of benzene rings is 1. The van der Waals surface area contributed by atoms with Crippen LogP contribution < -0.4 is 0 Å². The van der Waals surface area contributed by atoms with Crippen LogP contribution in [-0.2, 0) is 12.1 Å². The lowest BCUT2D eigenvalue weighted by Gasteiger charge is -2.37. The lowest BCUT2D eigenvalue weighted by molar-refractivity contribution is 0.115. The first-order valence-electron chi connectivity index (χ1n) is 5.03. The van der Waals surface area contributed by atoms with E-state index < -0.39 is 5.67 Å². The van der Waals surface area contributed by atoms with Crippen molar-refractivity contribution in [1.29, 1.82) is 0 Å². The van der Waals surface area contributed by atoms with E-state index in [2.05, 4.69) is 6.92 Å². The summed E-state index contributed by atoms with van der Waals surface area (Å²) >= 11 is 0. The predicted molar refractivity (Wildman–Crippen MR) is 52.5 cm³/mol. The molecule has 70 valence electrons. The van der Waals surface area contributed by atoms with Gasteiger partial charge in [-0.25, -0.2) is 4.39 Å². The van der Waals surface area contributed by atoms with Crippen LogP contribution in [0.2, 0.25) is 0 Å². The number of unbranched alkanes of at least 4 members (excludes halogenated alkanes) is 1. The number of hydrogen-bond donors (Lipinski definition) is 0. The second-order valence-electron chi connectivity index (χ2n) is 3.90. The van der Waals surface area contributed by atoms with E-state index in [-0.39, 0.29) is 0 Å². The van der Waals surface area contributed by atoms with Crippen LogP contribution in [0, 0.1) is 0 Å². The highest BCUT2D eigenvalue weighted by atomic mass is 19.1. The van der Waals surface area contributed by atoms with Gasteiger partial charge in [-0.1, -0.05) is 44.0 Å². The van der Waals surface area contributed by atoms with Gasteiger partial charge in [0, 0.05) is 6.42 Å². The highest BCUT2D eigenvalue weighted by Gasteiger charge is 2.41. The maximum absolute atomic E-state index is 14.1. The van der Waals surface area contributed by atoms with Crippen molar-refractivity contribution >= 4 is 0 Å². The van der Waals surface area contributed by atoms with E-state index in [4.69, 9.17) is 0 Å². The van der Waals surface area contributed by atoms with E-state index in [1.54, 1.807) is 0 Å². The molecule has 1 atom stereocenters. The Bertz CT molecular complexity index is 306. The van der Waals surface area contributed by atoms with E-state index in [0.29, 0.717) is 12.8 Å². The first-order chi connectivity index (χ1) is 6.26. The minimum absolute atomic E-state index is 0.628. The van der Waals surface area contributed by atoms with Gasteiger partial charge in [-0.2, -0.15) is 0 Å². The monoisotopic (exact) mass is 178 g/mol. The van der Waals surface area contributed by atoms with E-state index in [1.165, 1.54) is 5.56 Å². The van der Waals surface area contributed by atoms with Crippen molar-refractivity contribution in [2.24, 2.45) is 0 Å². The van der Waals surface area contributed by atoms with Crippen LogP contribution in [0.4, 0.5) is 4.39 Å². The zero-order chi connectivity index (χ0) is 9.31. The SMILES string of the molecule is CCCCC1(F)Cc2ccccc21. The van der Waals surface area contributed by atoms with Gasteiger partial charge in [0.15, 0.2) is 0 Å². The van der Waals surface area contributed by atoms with E-state index >= 15 is 0 Å². The van der Waals surface area contributed by atoms with Crippen molar-refractivity contribution in [1.82, 2.24) is 0 Å². The summed E-state index contributed by atoms with van der Waals surface area (Å²) < 4.78 is 14.1. The molecule has 1 aliphatic rings. The Morgan fingerprint density at radius 1 is 1.38 bits per heavy atom. The molecular formula is C12H15F. The van der Waals surface area contributed by atoms with Gasteiger partial charge in [0.1, 0.15) is 5.67 Å². The summed E-state index contributed by atoms with van der Waals surface area (Å²) in [6.45, 7) is 2.11. The Morgan fingerprint density at radius 3 is 2.85 bits per heavy atom. The summed E-state index contributed by atoms with van der Waals surface area (Å²) in [7, 11) is 0. The zero-order valence-corrected chi connectivity index (χ0v) is 8.02. The standard InChI is InChI=1S/C12H15F/c1-2-3-8-12(13)9-10-6-4-5-7-11(10)12/h4-7H,2-3,8-9H2,1H3. The first-order valence-corrected chi connectivity index (χ1v) is 5.03. The van der Waals surface area contributed by atoms with Crippen LogP contribution in [0.5, 0.6) is 0 Å². The van der Waals surface area contributed by atoms with Gasteiger partial charge in [-0.05, 0) is 17.5 Å². The van der Waals surface area contributed by atoms with Gasteiger partial charge in [0.25, 0.3) is 0 Å². The highest BCUT2D eigenvalue weighted by molar-refractivity contribution is 5.42. The van der Waals surface area contributed by atoms with Gasteiger partial charge < -0.3 is 0 Å². The lowest BCUT2D eigenvalue weighted by Crippen LogP contribution is -2.34. The molecule has 0 spiro atoms. The van der Waals surface area contributed by atoms with Crippen molar-refractivity contribution in [2.45, 2.75) is 38.3 Å². The molecule has 0 radical (unpaired) electrons. The fourth-order valence-electron chi connectivity index (χ4n) is 2.08. The molecule has 0 N–H and O–H groups in total. The fraction of sp³-hybridized carbons (Fsp3) is 0.500. The van der Waals surface area contributed by atoms with E-state index in [0.717, 1.165) is 18.4 Å². The van der Waals surface area contributed by atoms with Crippen LogP contribution >= 0.6 is 0 Å². The molecule has 13 heavy (non-hydrogen) atoms. The van der Waals surface area contributed by atoms with Gasteiger partial charge in [0.05, 0.1) is 0 Å². The van der Waals surface area contributed by atoms with Crippen LogP contribution in [0.25, 0.3) is 0 Å². The molecule has 0 fully saturated rings. The average Bonchev–Trinajstić information content (AvgIpc) is 2.13. The second-order valence-corrected chi connectivity index (χ2v) is 3.90. The van der Waals surface area contributed by atoms with Crippen molar-refractivity contribution < 1.29 is 4.39 Å². The number of hydrogen-bond acceptors (Lipinski definition) is 0. The van der Waals surface area contributed by atoms with E-state index in [1.807, 2.05) is 24.3 Å².